The van der Waals surface area contributed by atoms with Crippen molar-refractivity contribution in [3.8, 4) is 0 Å². The molecular formula is C14H19FN2O4. The van der Waals surface area contributed by atoms with Gasteiger partial charge in [-0.05, 0) is 30.4 Å². The summed E-state index contributed by atoms with van der Waals surface area (Å²) in [7, 11) is 0. The van der Waals surface area contributed by atoms with Gasteiger partial charge in [-0.25, -0.2) is 4.39 Å². The topological polar surface area (TPSA) is 92.5 Å². The van der Waals surface area contributed by atoms with Gasteiger partial charge in [-0.1, -0.05) is 13.8 Å². The number of rotatable bonds is 7. The minimum absolute atomic E-state index is 0.0380. The lowest BCUT2D eigenvalue weighted by Gasteiger charge is -2.21. The predicted molar refractivity (Wildman–Crippen MR) is 75.5 cm³/mol. The van der Waals surface area contributed by atoms with E-state index in [9.17, 15) is 19.3 Å². The number of nitro groups is 1. The van der Waals surface area contributed by atoms with Crippen LogP contribution in [0.4, 0.5) is 10.1 Å². The molecule has 0 saturated heterocycles. The van der Waals surface area contributed by atoms with Crippen LogP contribution in [0.25, 0.3) is 0 Å². The van der Waals surface area contributed by atoms with Crippen LogP contribution >= 0.6 is 0 Å². The lowest BCUT2D eigenvalue weighted by molar-refractivity contribution is -0.385. The Bertz CT molecular complexity index is 532. The first-order valence-corrected chi connectivity index (χ1v) is 6.60. The molecule has 0 bridgehead atoms. The zero-order valence-electron chi connectivity index (χ0n) is 12.1. The maximum absolute atomic E-state index is 13.1. The Morgan fingerprint density at radius 1 is 1.48 bits per heavy atom. The maximum atomic E-state index is 13.1. The first-order valence-electron chi connectivity index (χ1n) is 6.60. The normalized spacial score (nSPS) is 11.2. The third-order valence-electron chi connectivity index (χ3n) is 3.14. The number of aliphatic hydroxyl groups is 1. The zero-order valence-corrected chi connectivity index (χ0v) is 12.1. The minimum atomic E-state index is -0.719. The van der Waals surface area contributed by atoms with E-state index >= 15 is 0 Å². The Labute approximate surface area is 122 Å². The second-order valence-corrected chi connectivity index (χ2v) is 5.60. The number of nitro benzene ring substituents is 1. The molecule has 0 atom stereocenters. The van der Waals surface area contributed by atoms with E-state index in [-0.39, 0.29) is 17.6 Å². The molecular weight excluding hydrogens is 279 g/mol. The van der Waals surface area contributed by atoms with Gasteiger partial charge in [0.1, 0.15) is 11.4 Å². The highest BCUT2D eigenvalue weighted by Crippen LogP contribution is 2.21. The number of aliphatic hydroxyl groups excluding tert-OH is 1. The number of nitrogens with zero attached hydrogens (tertiary/aromatic N) is 1. The Morgan fingerprint density at radius 3 is 2.71 bits per heavy atom. The second kappa shape index (κ2) is 7.12. The van der Waals surface area contributed by atoms with Crippen LogP contribution in [-0.4, -0.2) is 29.1 Å². The highest BCUT2D eigenvalue weighted by atomic mass is 19.1. The van der Waals surface area contributed by atoms with E-state index < -0.39 is 22.3 Å². The summed E-state index contributed by atoms with van der Waals surface area (Å²) in [6.45, 7) is 4.13. The van der Waals surface area contributed by atoms with Crippen LogP contribution < -0.4 is 5.32 Å². The molecule has 0 heterocycles. The summed E-state index contributed by atoms with van der Waals surface area (Å²) < 4.78 is 13.1. The number of amides is 1. The van der Waals surface area contributed by atoms with E-state index in [4.69, 9.17) is 5.11 Å². The van der Waals surface area contributed by atoms with Gasteiger partial charge >= 0.3 is 0 Å². The van der Waals surface area contributed by atoms with Crippen molar-refractivity contribution in [1.29, 1.82) is 0 Å². The van der Waals surface area contributed by atoms with Gasteiger partial charge in [0, 0.05) is 19.2 Å². The van der Waals surface area contributed by atoms with Gasteiger partial charge in [-0.2, -0.15) is 0 Å². The molecule has 0 spiro atoms. The molecule has 6 nitrogen and oxygen atoms in total. The molecule has 1 amide bonds. The molecule has 0 radical (unpaired) electrons. The molecule has 0 unspecified atom stereocenters. The molecule has 1 aromatic rings. The highest BCUT2D eigenvalue weighted by molar-refractivity contribution is 5.98. The van der Waals surface area contributed by atoms with E-state index in [0.717, 1.165) is 18.2 Å². The molecule has 21 heavy (non-hydrogen) atoms. The lowest BCUT2D eigenvalue weighted by atomic mass is 9.89. The zero-order chi connectivity index (χ0) is 16.0. The van der Waals surface area contributed by atoms with Gasteiger partial charge in [0.25, 0.3) is 11.6 Å². The second-order valence-electron chi connectivity index (χ2n) is 5.60. The van der Waals surface area contributed by atoms with Crippen LogP contribution in [0.1, 0.15) is 37.0 Å². The van der Waals surface area contributed by atoms with E-state index in [1.165, 1.54) is 0 Å². The smallest absolute Gasteiger partial charge is 0.282 e. The van der Waals surface area contributed by atoms with Gasteiger partial charge < -0.3 is 10.4 Å². The van der Waals surface area contributed by atoms with Crippen molar-refractivity contribution in [2.45, 2.75) is 26.7 Å². The summed E-state index contributed by atoms with van der Waals surface area (Å²) >= 11 is 0. The van der Waals surface area contributed by atoms with Crippen LogP contribution in [0, 0.1) is 21.3 Å². The number of hydrogen-bond donors (Lipinski definition) is 2. The van der Waals surface area contributed by atoms with E-state index in [0.29, 0.717) is 19.4 Å². The molecule has 1 rings (SSSR count). The van der Waals surface area contributed by atoms with Crippen LogP contribution in [0.15, 0.2) is 18.2 Å². The summed E-state index contributed by atoms with van der Waals surface area (Å²) in [6.07, 6.45) is 1.30. The average Bonchev–Trinajstić information content (AvgIpc) is 2.43. The largest absolute Gasteiger partial charge is 0.396 e. The molecule has 0 saturated carbocycles. The van der Waals surface area contributed by atoms with Crippen LogP contribution in [0.3, 0.4) is 0 Å². The molecule has 0 fully saturated rings. The fourth-order valence-corrected chi connectivity index (χ4v) is 1.79. The van der Waals surface area contributed by atoms with E-state index in [1.807, 2.05) is 13.8 Å². The van der Waals surface area contributed by atoms with Crippen LogP contribution in [0.5, 0.6) is 0 Å². The number of nitrogens with one attached hydrogen (secondary N) is 1. The monoisotopic (exact) mass is 298 g/mol. The van der Waals surface area contributed by atoms with Crippen molar-refractivity contribution in [3.05, 3.63) is 39.7 Å². The molecule has 1 aromatic carbocycles. The summed E-state index contributed by atoms with van der Waals surface area (Å²) in [5.41, 5.74) is -0.957. The van der Waals surface area contributed by atoms with Gasteiger partial charge in [-0.15, -0.1) is 0 Å². The fraction of sp³-hybridized carbons (Fsp3) is 0.500. The number of hydrogen-bond acceptors (Lipinski definition) is 4. The molecule has 0 aromatic heterocycles. The predicted octanol–water partition coefficient (Wildman–Crippen LogP) is 2.26. The van der Waals surface area contributed by atoms with Crippen molar-refractivity contribution in [3.63, 3.8) is 0 Å². The third kappa shape index (κ3) is 5.11. The fourth-order valence-electron chi connectivity index (χ4n) is 1.79. The summed E-state index contributed by atoms with van der Waals surface area (Å²) in [5.74, 6) is -1.38. The molecule has 0 aliphatic heterocycles. The van der Waals surface area contributed by atoms with Crippen molar-refractivity contribution in [1.82, 2.24) is 5.32 Å². The average molecular weight is 298 g/mol. The number of halogens is 1. The molecule has 0 aliphatic carbocycles. The molecule has 116 valence electrons. The van der Waals surface area contributed by atoms with Gasteiger partial charge in [0.05, 0.1) is 4.92 Å². The quantitative estimate of drug-likeness (QED) is 0.459. The van der Waals surface area contributed by atoms with Crippen molar-refractivity contribution < 1.29 is 19.2 Å². The molecule has 0 aliphatic rings. The lowest BCUT2D eigenvalue weighted by Crippen LogP contribution is -2.27. The Kier molecular flexibility index (Phi) is 5.78. The van der Waals surface area contributed by atoms with Gasteiger partial charge in [-0.3, -0.25) is 14.9 Å². The number of carbonyl (C=O) groups excluding carboxylic acids is 1. The Hall–Kier alpha value is -2.02. The summed E-state index contributed by atoms with van der Waals surface area (Å²) in [5, 5.41) is 22.4. The Morgan fingerprint density at radius 2 is 2.14 bits per heavy atom. The highest BCUT2D eigenvalue weighted by Gasteiger charge is 2.21. The van der Waals surface area contributed by atoms with Gasteiger partial charge in [0.15, 0.2) is 0 Å². The van der Waals surface area contributed by atoms with E-state index in [2.05, 4.69) is 5.32 Å². The first kappa shape index (κ1) is 17.0. The van der Waals surface area contributed by atoms with Gasteiger partial charge in [0.2, 0.25) is 0 Å². The summed E-state index contributed by atoms with van der Waals surface area (Å²) in [4.78, 5) is 22.0. The van der Waals surface area contributed by atoms with Crippen molar-refractivity contribution in [2.24, 2.45) is 5.41 Å². The van der Waals surface area contributed by atoms with Crippen molar-refractivity contribution >= 4 is 11.6 Å². The van der Waals surface area contributed by atoms with E-state index in [1.54, 1.807) is 0 Å². The first-order chi connectivity index (χ1) is 9.76. The number of benzene rings is 1. The minimum Gasteiger partial charge on any atom is -0.396 e. The SMILES string of the molecule is CC(C)(CO)CCCNC(=O)c1cc(F)ccc1[N+](=O)[O-]. The van der Waals surface area contributed by atoms with Crippen molar-refractivity contribution in [2.75, 3.05) is 13.2 Å². The molecule has 2 N–H and O–H groups in total. The van der Waals surface area contributed by atoms with Crippen LogP contribution in [-0.2, 0) is 0 Å². The standard InChI is InChI=1S/C14H19FN2O4/c1-14(2,9-18)6-3-7-16-13(19)11-8-10(15)4-5-12(11)17(20)21/h4-5,8,18H,3,6-7,9H2,1-2H3,(H,16,19). The molecule has 7 heteroatoms. The third-order valence-corrected chi connectivity index (χ3v) is 3.14. The maximum Gasteiger partial charge on any atom is 0.282 e. The summed E-state index contributed by atoms with van der Waals surface area (Å²) in [6, 6.07) is 2.77. The number of carbonyl (C=O) groups is 1. The van der Waals surface area contributed by atoms with Crippen LogP contribution in [0.2, 0.25) is 0 Å². The Balaban J connectivity index is 2.64.